The molecule has 0 bridgehead atoms. The second-order valence-electron chi connectivity index (χ2n) is 5.24. The number of amides is 1. The summed E-state index contributed by atoms with van der Waals surface area (Å²) in [6, 6.07) is 5.57. The first-order chi connectivity index (χ1) is 11.5. The Morgan fingerprint density at radius 2 is 2.12 bits per heavy atom. The standard InChI is InChI=1S/C17H22N2O4S/c1-4-23-14-6-5-13(9-15(14)22-3)10-18-16(20)7-8-19-12(2)11-24-17(19)21/h5-6,9,11H,4,7-8,10H2,1-3H3,(H,18,20). The molecule has 24 heavy (non-hydrogen) atoms. The zero-order valence-corrected chi connectivity index (χ0v) is 14.9. The molecule has 0 unspecified atom stereocenters. The summed E-state index contributed by atoms with van der Waals surface area (Å²) >= 11 is 1.15. The highest BCUT2D eigenvalue weighted by Crippen LogP contribution is 2.27. The van der Waals surface area contributed by atoms with Gasteiger partial charge in [0.1, 0.15) is 0 Å². The molecule has 0 aliphatic carbocycles. The van der Waals surface area contributed by atoms with Crippen molar-refractivity contribution < 1.29 is 14.3 Å². The molecule has 0 saturated heterocycles. The number of nitrogens with one attached hydrogen (secondary N) is 1. The van der Waals surface area contributed by atoms with Crippen molar-refractivity contribution in [1.82, 2.24) is 9.88 Å². The van der Waals surface area contributed by atoms with Crippen LogP contribution in [-0.4, -0.2) is 24.2 Å². The number of aryl methyl sites for hydroxylation is 1. The van der Waals surface area contributed by atoms with E-state index in [9.17, 15) is 9.59 Å². The van der Waals surface area contributed by atoms with E-state index in [1.54, 1.807) is 17.1 Å². The van der Waals surface area contributed by atoms with Crippen LogP contribution in [0.1, 0.15) is 24.6 Å². The molecule has 2 aromatic rings. The van der Waals surface area contributed by atoms with Gasteiger partial charge in [0.05, 0.1) is 13.7 Å². The maximum atomic E-state index is 12.0. The normalized spacial score (nSPS) is 10.5. The number of carbonyl (C=O) groups is 1. The lowest BCUT2D eigenvalue weighted by Crippen LogP contribution is -2.26. The van der Waals surface area contributed by atoms with Crippen molar-refractivity contribution in [2.45, 2.75) is 33.4 Å². The third kappa shape index (κ3) is 4.61. The fraction of sp³-hybridized carbons (Fsp3) is 0.412. The van der Waals surface area contributed by atoms with Crippen LogP contribution in [0.25, 0.3) is 0 Å². The number of carbonyl (C=O) groups excluding carboxylic acids is 1. The van der Waals surface area contributed by atoms with Crippen molar-refractivity contribution in [3.05, 3.63) is 44.5 Å². The summed E-state index contributed by atoms with van der Waals surface area (Å²) < 4.78 is 12.4. The van der Waals surface area contributed by atoms with E-state index in [0.29, 0.717) is 31.2 Å². The van der Waals surface area contributed by atoms with Gasteiger partial charge in [-0.2, -0.15) is 0 Å². The van der Waals surface area contributed by atoms with E-state index >= 15 is 0 Å². The van der Waals surface area contributed by atoms with Crippen LogP contribution in [0.5, 0.6) is 11.5 Å². The van der Waals surface area contributed by atoms with E-state index < -0.39 is 0 Å². The van der Waals surface area contributed by atoms with Gasteiger partial charge in [-0.15, -0.1) is 0 Å². The molecule has 6 nitrogen and oxygen atoms in total. The molecular weight excluding hydrogens is 328 g/mol. The fourth-order valence-corrected chi connectivity index (χ4v) is 3.03. The number of ether oxygens (including phenoxy) is 2. The molecule has 1 heterocycles. The van der Waals surface area contributed by atoms with Crippen LogP contribution in [0.15, 0.2) is 28.4 Å². The van der Waals surface area contributed by atoms with Gasteiger partial charge in [0.2, 0.25) is 5.91 Å². The third-order valence-electron chi connectivity index (χ3n) is 3.56. The SMILES string of the molecule is CCOc1ccc(CNC(=O)CCn2c(C)csc2=O)cc1OC. The maximum absolute atomic E-state index is 12.0. The van der Waals surface area contributed by atoms with Gasteiger partial charge in [0, 0.05) is 30.6 Å². The molecule has 130 valence electrons. The fourth-order valence-electron chi connectivity index (χ4n) is 2.27. The average molecular weight is 350 g/mol. The van der Waals surface area contributed by atoms with Gasteiger partial charge in [-0.1, -0.05) is 17.4 Å². The second-order valence-corrected chi connectivity index (χ2v) is 6.06. The van der Waals surface area contributed by atoms with Crippen molar-refractivity contribution >= 4 is 17.2 Å². The van der Waals surface area contributed by atoms with Gasteiger partial charge in [-0.3, -0.25) is 9.59 Å². The van der Waals surface area contributed by atoms with Crippen molar-refractivity contribution in [3.63, 3.8) is 0 Å². The third-order valence-corrected chi connectivity index (χ3v) is 4.44. The van der Waals surface area contributed by atoms with E-state index in [1.165, 1.54) is 0 Å². The molecule has 2 rings (SSSR count). The van der Waals surface area contributed by atoms with Crippen molar-refractivity contribution in [2.24, 2.45) is 0 Å². The lowest BCUT2D eigenvalue weighted by atomic mass is 10.2. The first kappa shape index (κ1) is 18.1. The Hall–Kier alpha value is -2.28. The van der Waals surface area contributed by atoms with Crippen LogP contribution in [0.2, 0.25) is 0 Å². The highest BCUT2D eigenvalue weighted by atomic mass is 32.1. The summed E-state index contributed by atoms with van der Waals surface area (Å²) in [5.41, 5.74) is 1.81. The van der Waals surface area contributed by atoms with Gasteiger partial charge >= 0.3 is 4.87 Å². The summed E-state index contributed by atoms with van der Waals surface area (Å²) in [6.45, 7) is 5.13. The van der Waals surface area contributed by atoms with Gasteiger partial charge < -0.3 is 19.4 Å². The minimum atomic E-state index is -0.0969. The molecule has 0 radical (unpaired) electrons. The number of hydrogen-bond donors (Lipinski definition) is 1. The summed E-state index contributed by atoms with van der Waals surface area (Å²) in [5, 5.41) is 4.65. The molecule has 0 atom stereocenters. The number of thiazole rings is 1. The number of methoxy groups -OCH3 is 1. The van der Waals surface area contributed by atoms with Crippen LogP contribution in [0.4, 0.5) is 0 Å². The molecule has 0 saturated carbocycles. The van der Waals surface area contributed by atoms with Gasteiger partial charge in [-0.05, 0) is 31.5 Å². The minimum Gasteiger partial charge on any atom is -0.493 e. The summed E-state index contributed by atoms with van der Waals surface area (Å²) in [6.07, 6.45) is 0.269. The van der Waals surface area contributed by atoms with E-state index in [0.717, 1.165) is 22.6 Å². The van der Waals surface area contributed by atoms with E-state index in [1.807, 2.05) is 32.0 Å². The molecule has 0 aliphatic heterocycles. The number of benzene rings is 1. The Morgan fingerprint density at radius 1 is 1.33 bits per heavy atom. The summed E-state index contributed by atoms with van der Waals surface area (Å²) in [5.74, 6) is 1.23. The van der Waals surface area contributed by atoms with Gasteiger partial charge in [0.15, 0.2) is 11.5 Å². The largest absolute Gasteiger partial charge is 0.493 e. The Morgan fingerprint density at radius 3 is 2.75 bits per heavy atom. The van der Waals surface area contributed by atoms with E-state index in [2.05, 4.69) is 5.32 Å². The molecule has 1 aromatic heterocycles. The molecule has 1 aromatic carbocycles. The Labute approximate surface area is 145 Å². The highest BCUT2D eigenvalue weighted by Gasteiger charge is 2.08. The maximum Gasteiger partial charge on any atom is 0.307 e. The molecule has 0 fully saturated rings. The quantitative estimate of drug-likeness (QED) is 0.793. The molecule has 1 N–H and O–H groups in total. The summed E-state index contributed by atoms with van der Waals surface area (Å²) in [4.78, 5) is 23.6. The van der Waals surface area contributed by atoms with Crippen LogP contribution < -0.4 is 19.7 Å². The van der Waals surface area contributed by atoms with E-state index in [-0.39, 0.29) is 17.2 Å². The van der Waals surface area contributed by atoms with Gasteiger partial charge in [-0.25, -0.2) is 0 Å². The number of hydrogen-bond acceptors (Lipinski definition) is 5. The first-order valence-corrected chi connectivity index (χ1v) is 8.64. The Balaban J connectivity index is 1.88. The van der Waals surface area contributed by atoms with Crippen LogP contribution >= 0.6 is 11.3 Å². The monoisotopic (exact) mass is 350 g/mol. The topological polar surface area (TPSA) is 69.6 Å². The first-order valence-electron chi connectivity index (χ1n) is 7.76. The number of aromatic nitrogens is 1. The molecular formula is C17H22N2O4S. The predicted octanol–water partition coefficient (Wildman–Crippen LogP) is 2.33. The average Bonchev–Trinajstić information content (AvgIpc) is 2.90. The predicted molar refractivity (Wildman–Crippen MR) is 93.9 cm³/mol. The number of rotatable bonds is 8. The van der Waals surface area contributed by atoms with Crippen molar-refractivity contribution in [1.29, 1.82) is 0 Å². The second kappa shape index (κ2) is 8.54. The molecule has 1 amide bonds. The van der Waals surface area contributed by atoms with Crippen molar-refractivity contribution in [2.75, 3.05) is 13.7 Å². The highest BCUT2D eigenvalue weighted by molar-refractivity contribution is 7.07. The lowest BCUT2D eigenvalue weighted by Gasteiger charge is -2.11. The number of nitrogens with zero attached hydrogens (tertiary/aromatic N) is 1. The summed E-state index contributed by atoms with van der Waals surface area (Å²) in [7, 11) is 1.58. The van der Waals surface area contributed by atoms with Crippen LogP contribution in [0, 0.1) is 6.92 Å². The van der Waals surface area contributed by atoms with Gasteiger partial charge in [0.25, 0.3) is 0 Å². The van der Waals surface area contributed by atoms with E-state index in [4.69, 9.17) is 9.47 Å². The lowest BCUT2D eigenvalue weighted by molar-refractivity contribution is -0.121. The van der Waals surface area contributed by atoms with Crippen LogP contribution in [0.3, 0.4) is 0 Å². The van der Waals surface area contributed by atoms with Crippen LogP contribution in [-0.2, 0) is 17.9 Å². The minimum absolute atomic E-state index is 0.0310. The smallest absolute Gasteiger partial charge is 0.307 e. The molecule has 0 spiro atoms. The molecule has 7 heteroatoms. The zero-order valence-electron chi connectivity index (χ0n) is 14.1. The van der Waals surface area contributed by atoms with Crippen molar-refractivity contribution in [3.8, 4) is 11.5 Å². The molecule has 0 aliphatic rings. The Bertz CT molecular complexity index is 751. The zero-order chi connectivity index (χ0) is 17.5. The Kier molecular flexibility index (Phi) is 6.43.